The van der Waals surface area contributed by atoms with Crippen molar-refractivity contribution in [3.8, 4) is 0 Å². The van der Waals surface area contributed by atoms with Crippen molar-refractivity contribution < 1.29 is 19.3 Å². The number of nitrogens with two attached hydrogens (primary N) is 1. The molecule has 11 heteroatoms. The Kier molecular flexibility index (Phi) is 4.74. The zero-order valence-electron chi connectivity index (χ0n) is 9.20. The van der Waals surface area contributed by atoms with Gasteiger partial charge < -0.3 is 25.1 Å². The van der Waals surface area contributed by atoms with Crippen molar-refractivity contribution in [2.45, 2.75) is 34.7 Å². The minimum atomic E-state index is -1.76. The molecule has 0 bridgehead atoms. The van der Waals surface area contributed by atoms with E-state index >= 15 is 0 Å². The van der Waals surface area contributed by atoms with Crippen molar-refractivity contribution in [1.82, 2.24) is 5.43 Å². The summed E-state index contributed by atoms with van der Waals surface area (Å²) >= 11 is 21.5. The number of nitrogens with zero attached hydrogens (tertiary/aromatic N) is 1. The second-order valence-electron chi connectivity index (χ2n) is 3.82. The molecule has 0 unspecified atom stereocenters. The monoisotopic (exact) mass is 349 g/mol. The summed E-state index contributed by atoms with van der Waals surface area (Å²) in [5.74, 6) is 0. The van der Waals surface area contributed by atoms with Crippen molar-refractivity contribution in [2.24, 2.45) is 10.8 Å². The number of nitrogens with one attached hydrogen (secondary N) is 1. The number of ether oxygens (including phenoxy) is 3. The molecule has 2 aliphatic heterocycles. The van der Waals surface area contributed by atoms with Crippen molar-refractivity contribution in [1.29, 1.82) is 0 Å². The van der Waals surface area contributed by atoms with Crippen molar-refractivity contribution in [3.63, 3.8) is 0 Å². The third kappa shape index (κ3) is 3.59. The number of rotatable bonds is 2. The predicted molar refractivity (Wildman–Crippen MR) is 73.1 cm³/mol. The van der Waals surface area contributed by atoms with Crippen LogP contribution in [-0.4, -0.2) is 51.1 Å². The normalized spacial score (nSPS) is 38.6. The Hall–Kier alpha value is 0.0700. The van der Waals surface area contributed by atoms with Crippen LogP contribution in [0.5, 0.6) is 0 Å². The maximum absolute atomic E-state index is 9.97. The molecule has 0 amide bonds. The number of aliphatic hydroxyl groups is 1. The molecule has 0 aromatic carbocycles. The van der Waals surface area contributed by atoms with Crippen LogP contribution in [0.3, 0.4) is 0 Å². The molecule has 4 N–H and O–H groups in total. The molecule has 0 aliphatic carbocycles. The van der Waals surface area contributed by atoms with Crippen LogP contribution >= 0.6 is 47.0 Å². The number of aliphatic hydroxyl groups excluding tert-OH is 1. The fraction of sp³-hybridized carbons (Fsp3) is 0.750. The number of hydrogen-bond acceptors (Lipinski definition) is 6. The van der Waals surface area contributed by atoms with Gasteiger partial charge in [-0.1, -0.05) is 34.8 Å². The number of fused-ring (bicyclic) bond motifs is 1. The molecule has 2 saturated heterocycles. The van der Waals surface area contributed by atoms with Crippen molar-refractivity contribution >= 4 is 58.3 Å². The largest absolute Gasteiger partial charge is 0.387 e. The van der Waals surface area contributed by atoms with Crippen LogP contribution in [0.1, 0.15) is 0 Å². The average molecular weight is 351 g/mol. The van der Waals surface area contributed by atoms with E-state index in [1.807, 2.05) is 0 Å². The molecule has 2 aliphatic rings. The second kappa shape index (κ2) is 5.82. The SMILES string of the molecule is NC(=S)N/N=C/[C@@H]1O[C@@H]2O[C@@H](C(Cl)(Cl)Cl)O[C@@H]2[C@H]1O. The maximum atomic E-state index is 9.97. The van der Waals surface area contributed by atoms with Gasteiger partial charge in [-0.25, -0.2) is 0 Å². The molecule has 2 heterocycles. The van der Waals surface area contributed by atoms with Gasteiger partial charge in [0.25, 0.3) is 0 Å². The van der Waals surface area contributed by atoms with E-state index in [4.69, 9.17) is 54.7 Å². The highest BCUT2D eigenvalue weighted by atomic mass is 35.6. The lowest BCUT2D eigenvalue weighted by atomic mass is 10.1. The number of alkyl halides is 3. The van der Waals surface area contributed by atoms with E-state index < -0.39 is 34.7 Å². The van der Waals surface area contributed by atoms with E-state index in [-0.39, 0.29) is 5.11 Å². The second-order valence-corrected chi connectivity index (χ2v) is 6.63. The Morgan fingerprint density at radius 1 is 1.37 bits per heavy atom. The third-order valence-electron chi connectivity index (χ3n) is 2.43. The van der Waals surface area contributed by atoms with Crippen LogP contribution in [0.2, 0.25) is 0 Å². The van der Waals surface area contributed by atoms with Gasteiger partial charge in [0.05, 0.1) is 6.21 Å². The zero-order chi connectivity index (χ0) is 14.2. The van der Waals surface area contributed by atoms with E-state index in [9.17, 15) is 5.11 Å². The summed E-state index contributed by atoms with van der Waals surface area (Å²) in [5, 5.41) is 13.6. The average Bonchev–Trinajstić information content (AvgIpc) is 2.79. The predicted octanol–water partition coefficient (Wildman–Crippen LogP) is 0.00290. The molecule has 0 aromatic heterocycles. The summed E-state index contributed by atoms with van der Waals surface area (Å²) in [6.07, 6.45) is -3.17. The van der Waals surface area contributed by atoms with E-state index in [1.54, 1.807) is 0 Å². The summed E-state index contributed by atoms with van der Waals surface area (Å²) in [7, 11) is 0. The molecular weight excluding hydrogens is 341 g/mol. The summed E-state index contributed by atoms with van der Waals surface area (Å²) < 4.78 is 14.1. The number of hydrazone groups is 1. The van der Waals surface area contributed by atoms with Crippen LogP contribution < -0.4 is 11.2 Å². The van der Waals surface area contributed by atoms with E-state index in [2.05, 4.69) is 22.7 Å². The summed E-state index contributed by atoms with van der Waals surface area (Å²) in [6.45, 7) is 0. The van der Waals surface area contributed by atoms with Gasteiger partial charge in [0.15, 0.2) is 11.4 Å². The molecule has 2 fully saturated rings. The summed E-state index contributed by atoms with van der Waals surface area (Å²) in [6, 6.07) is 0. The Bertz CT molecular complexity index is 394. The molecule has 5 atom stereocenters. The van der Waals surface area contributed by atoms with Gasteiger partial charge in [-0.15, -0.1) is 0 Å². The smallest absolute Gasteiger partial charge is 0.241 e. The molecule has 108 valence electrons. The van der Waals surface area contributed by atoms with Gasteiger partial charge >= 0.3 is 0 Å². The van der Waals surface area contributed by atoms with Gasteiger partial charge in [0, 0.05) is 0 Å². The summed E-state index contributed by atoms with van der Waals surface area (Å²) in [4.78, 5) is 0. The highest BCUT2D eigenvalue weighted by Crippen LogP contribution is 2.41. The van der Waals surface area contributed by atoms with Crippen molar-refractivity contribution in [2.75, 3.05) is 0 Å². The Labute approximate surface area is 128 Å². The molecule has 0 aromatic rings. The lowest BCUT2D eigenvalue weighted by Crippen LogP contribution is -2.36. The lowest BCUT2D eigenvalue weighted by molar-refractivity contribution is -0.152. The number of hydrogen-bond donors (Lipinski definition) is 3. The molecular formula is C8H10Cl3N3O4S. The first-order valence-electron chi connectivity index (χ1n) is 5.09. The van der Waals surface area contributed by atoms with Gasteiger partial charge in [0.2, 0.25) is 10.1 Å². The number of thiocarbonyl (C=S) groups is 1. The topological polar surface area (TPSA) is 98.3 Å². The highest BCUT2D eigenvalue weighted by Gasteiger charge is 2.55. The first kappa shape index (κ1) is 15.5. The molecule has 2 rings (SSSR count). The van der Waals surface area contributed by atoms with E-state index in [0.717, 1.165) is 0 Å². The minimum Gasteiger partial charge on any atom is -0.387 e. The molecule has 0 radical (unpaired) electrons. The Balaban J connectivity index is 1.93. The summed E-state index contributed by atoms with van der Waals surface area (Å²) in [5.41, 5.74) is 7.51. The van der Waals surface area contributed by atoms with Gasteiger partial charge in [-0.2, -0.15) is 5.10 Å². The maximum Gasteiger partial charge on any atom is 0.241 e. The Morgan fingerprint density at radius 2 is 2.05 bits per heavy atom. The Morgan fingerprint density at radius 3 is 2.58 bits per heavy atom. The first-order chi connectivity index (χ1) is 8.79. The van der Waals surface area contributed by atoms with Crippen LogP contribution in [0.15, 0.2) is 5.10 Å². The highest BCUT2D eigenvalue weighted by molar-refractivity contribution is 7.80. The van der Waals surface area contributed by atoms with Crippen LogP contribution in [0, 0.1) is 0 Å². The zero-order valence-corrected chi connectivity index (χ0v) is 12.3. The van der Waals surface area contributed by atoms with Gasteiger partial charge in [-0.05, 0) is 12.2 Å². The first-order valence-corrected chi connectivity index (χ1v) is 6.63. The van der Waals surface area contributed by atoms with E-state index in [1.165, 1.54) is 6.21 Å². The molecule has 0 saturated carbocycles. The number of halogens is 3. The quantitative estimate of drug-likeness (QED) is 0.279. The van der Waals surface area contributed by atoms with Crippen molar-refractivity contribution in [3.05, 3.63) is 0 Å². The minimum absolute atomic E-state index is 0.00676. The van der Waals surface area contributed by atoms with E-state index in [0.29, 0.717) is 0 Å². The molecule has 19 heavy (non-hydrogen) atoms. The van der Waals surface area contributed by atoms with Crippen LogP contribution in [0.4, 0.5) is 0 Å². The van der Waals surface area contributed by atoms with Crippen LogP contribution in [-0.2, 0) is 14.2 Å². The molecule has 7 nitrogen and oxygen atoms in total. The molecule has 0 spiro atoms. The fourth-order valence-electron chi connectivity index (χ4n) is 1.66. The third-order valence-corrected chi connectivity index (χ3v) is 3.06. The van der Waals surface area contributed by atoms with Gasteiger partial charge in [-0.3, -0.25) is 5.43 Å². The van der Waals surface area contributed by atoms with Crippen LogP contribution in [0.25, 0.3) is 0 Å². The standard InChI is InChI=1S/C8H10Cl3N3O4S/c9-8(10,11)6-17-4-3(15)2(16-5(4)18-6)1-13-14-7(12)19/h1-6,15H,(H3,12,14,19)/b13-1+/t2-,3-,4+,5+,6-/m0/s1. The fourth-order valence-corrected chi connectivity index (χ4v) is 2.02. The van der Waals surface area contributed by atoms with Gasteiger partial charge in [0.1, 0.15) is 18.3 Å². The lowest BCUT2D eigenvalue weighted by Gasteiger charge is -2.21.